The Morgan fingerprint density at radius 3 is 2.61 bits per heavy atom. The standard InChI is InChI=1S/C22H26N2O7/c1-15-10-23(18-9-22(17(11-25)30-18)13-29-21(2,3)31-22)20(27)24(19(15)26)14-28-12-16-7-5-4-6-8-16/h4-8,10-11,17-18H,9,12-14H2,1-3H3/t17-,18-,22?/m1/s1. The zero-order chi connectivity index (χ0) is 22.2. The average molecular weight is 430 g/mol. The molecule has 0 saturated carbocycles. The molecule has 9 heteroatoms. The summed E-state index contributed by atoms with van der Waals surface area (Å²) in [6.07, 6.45) is 0.690. The summed E-state index contributed by atoms with van der Waals surface area (Å²) >= 11 is 0. The van der Waals surface area contributed by atoms with E-state index < -0.39 is 35.0 Å². The van der Waals surface area contributed by atoms with Crippen molar-refractivity contribution in [2.24, 2.45) is 0 Å². The van der Waals surface area contributed by atoms with E-state index >= 15 is 0 Å². The van der Waals surface area contributed by atoms with E-state index in [1.165, 1.54) is 10.8 Å². The summed E-state index contributed by atoms with van der Waals surface area (Å²) in [7, 11) is 0. The fraction of sp³-hybridized carbons (Fsp3) is 0.500. The quantitative estimate of drug-likeness (QED) is 0.641. The molecule has 1 unspecified atom stereocenters. The second kappa shape index (κ2) is 8.16. The summed E-state index contributed by atoms with van der Waals surface area (Å²) in [5.41, 5.74) is -0.698. The van der Waals surface area contributed by atoms with Crippen LogP contribution in [0.4, 0.5) is 0 Å². The van der Waals surface area contributed by atoms with Crippen molar-refractivity contribution in [2.45, 2.75) is 64.2 Å². The molecule has 0 bridgehead atoms. The fourth-order valence-electron chi connectivity index (χ4n) is 4.07. The predicted octanol–water partition coefficient (Wildman–Crippen LogP) is 1.50. The predicted molar refractivity (Wildman–Crippen MR) is 109 cm³/mol. The second-order valence-corrected chi connectivity index (χ2v) is 8.41. The molecule has 2 aliphatic rings. The molecule has 1 spiro atoms. The number of nitrogens with zero attached hydrogens (tertiary/aromatic N) is 2. The first kappa shape index (κ1) is 21.6. The number of aldehydes is 1. The minimum absolute atomic E-state index is 0.174. The maximum Gasteiger partial charge on any atom is 0.335 e. The van der Waals surface area contributed by atoms with Crippen molar-refractivity contribution in [1.29, 1.82) is 0 Å². The topological polar surface area (TPSA) is 98.0 Å². The molecule has 2 fully saturated rings. The minimum Gasteiger partial charge on any atom is -0.356 e. The maximum atomic E-state index is 13.1. The Morgan fingerprint density at radius 2 is 1.97 bits per heavy atom. The van der Waals surface area contributed by atoms with Crippen LogP contribution in [0.2, 0.25) is 0 Å². The van der Waals surface area contributed by atoms with Gasteiger partial charge in [-0.1, -0.05) is 30.3 Å². The summed E-state index contributed by atoms with van der Waals surface area (Å²) in [4.78, 5) is 37.4. The van der Waals surface area contributed by atoms with E-state index in [4.69, 9.17) is 18.9 Å². The number of hydrogen-bond donors (Lipinski definition) is 0. The van der Waals surface area contributed by atoms with Crippen molar-refractivity contribution in [2.75, 3.05) is 6.61 Å². The lowest BCUT2D eigenvalue weighted by Crippen LogP contribution is -2.43. The number of carbonyl (C=O) groups is 1. The molecule has 31 heavy (non-hydrogen) atoms. The Labute approximate surface area is 179 Å². The van der Waals surface area contributed by atoms with Gasteiger partial charge in [0.05, 0.1) is 13.2 Å². The van der Waals surface area contributed by atoms with Gasteiger partial charge >= 0.3 is 5.69 Å². The Balaban J connectivity index is 1.58. The van der Waals surface area contributed by atoms with Crippen molar-refractivity contribution in [3.05, 3.63) is 68.5 Å². The molecule has 166 valence electrons. The molecular weight excluding hydrogens is 404 g/mol. The molecule has 4 rings (SSSR count). The monoisotopic (exact) mass is 430 g/mol. The van der Waals surface area contributed by atoms with Crippen LogP contribution in [-0.4, -0.2) is 39.5 Å². The second-order valence-electron chi connectivity index (χ2n) is 8.41. The summed E-state index contributed by atoms with van der Waals surface area (Å²) in [6.45, 7) is 5.38. The number of ether oxygens (including phenoxy) is 4. The zero-order valence-electron chi connectivity index (χ0n) is 17.8. The van der Waals surface area contributed by atoms with Crippen LogP contribution in [-0.2, 0) is 37.1 Å². The third-order valence-electron chi connectivity index (χ3n) is 5.59. The fourth-order valence-corrected chi connectivity index (χ4v) is 4.07. The van der Waals surface area contributed by atoms with Crippen LogP contribution >= 0.6 is 0 Å². The Kier molecular flexibility index (Phi) is 5.69. The van der Waals surface area contributed by atoms with E-state index in [-0.39, 0.29) is 26.4 Å². The van der Waals surface area contributed by atoms with E-state index in [0.29, 0.717) is 11.8 Å². The number of aromatic nitrogens is 2. The van der Waals surface area contributed by atoms with Gasteiger partial charge in [0.1, 0.15) is 24.7 Å². The average Bonchev–Trinajstić information content (AvgIpc) is 3.26. The summed E-state index contributed by atoms with van der Waals surface area (Å²) in [5, 5.41) is 0. The van der Waals surface area contributed by atoms with Crippen molar-refractivity contribution in [1.82, 2.24) is 9.13 Å². The van der Waals surface area contributed by atoms with Crippen molar-refractivity contribution in [3.63, 3.8) is 0 Å². The molecule has 0 N–H and O–H groups in total. The van der Waals surface area contributed by atoms with E-state index in [0.717, 1.165) is 10.1 Å². The van der Waals surface area contributed by atoms with E-state index in [1.54, 1.807) is 20.8 Å². The Morgan fingerprint density at radius 1 is 1.23 bits per heavy atom. The third-order valence-corrected chi connectivity index (χ3v) is 5.59. The van der Waals surface area contributed by atoms with Crippen molar-refractivity contribution in [3.8, 4) is 0 Å². The molecule has 9 nitrogen and oxygen atoms in total. The van der Waals surface area contributed by atoms with Crippen molar-refractivity contribution < 1.29 is 23.7 Å². The first-order valence-electron chi connectivity index (χ1n) is 10.1. The normalized spacial score (nSPS) is 27.1. The molecule has 3 heterocycles. The Hall–Kier alpha value is -2.59. The lowest BCUT2D eigenvalue weighted by Gasteiger charge is -2.26. The van der Waals surface area contributed by atoms with Gasteiger partial charge in [-0.05, 0) is 26.3 Å². The zero-order valence-corrected chi connectivity index (χ0v) is 17.8. The van der Waals surface area contributed by atoms with Gasteiger partial charge in [0, 0.05) is 18.2 Å². The summed E-state index contributed by atoms with van der Waals surface area (Å²) < 4.78 is 25.5. The van der Waals surface area contributed by atoms with Gasteiger partial charge in [0.15, 0.2) is 12.1 Å². The number of carbonyl (C=O) groups excluding carboxylic acids is 1. The van der Waals surface area contributed by atoms with Gasteiger partial charge in [0.2, 0.25) is 0 Å². The van der Waals surface area contributed by atoms with Gasteiger partial charge < -0.3 is 23.7 Å². The molecule has 2 aromatic rings. The number of hydrogen-bond acceptors (Lipinski definition) is 7. The molecular formula is C22H26N2O7. The minimum atomic E-state index is -0.978. The Bertz CT molecular complexity index is 1080. The summed E-state index contributed by atoms with van der Waals surface area (Å²) in [5.74, 6) is -0.857. The van der Waals surface area contributed by atoms with Crippen molar-refractivity contribution >= 4 is 6.29 Å². The van der Waals surface area contributed by atoms with Crippen LogP contribution < -0.4 is 11.2 Å². The first-order valence-corrected chi connectivity index (χ1v) is 10.1. The van der Waals surface area contributed by atoms with Gasteiger partial charge in [-0.2, -0.15) is 0 Å². The number of benzene rings is 1. The highest BCUT2D eigenvalue weighted by atomic mass is 16.8. The molecule has 0 aliphatic carbocycles. The lowest BCUT2D eigenvalue weighted by molar-refractivity contribution is -0.172. The highest BCUT2D eigenvalue weighted by Gasteiger charge is 2.57. The maximum absolute atomic E-state index is 13.1. The highest BCUT2D eigenvalue weighted by Crippen LogP contribution is 2.45. The van der Waals surface area contributed by atoms with Crippen LogP contribution in [0.25, 0.3) is 0 Å². The molecule has 2 saturated heterocycles. The third kappa shape index (κ3) is 4.14. The molecule has 3 atom stereocenters. The lowest BCUT2D eigenvalue weighted by atomic mass is 9.96. The van der Waals surface area contributed by atoms with Gasteiger partial charge in [-0.25, -0.2) is 9.36 Å². The van der Waals surface area contributed by atoms with E-state index in [1.807, 2.05) is 30.3 Å². The van der Waals surface area contributed by atoms with Crippen LogP contribution in [0.3, 0.4) is 0 Å². The SMILES string of the molecule is Cc1cn([C@H]2CC3(COC(C)(C)O3)[C@@H](C=O)O2)c(=O)n(COCc2ccccc2)c1=O. The van der Waals surface area contributed by atoms with Crippen LogP contribution in [0.5, 0.6) is 0 Å². The van der Waals surface area contributed by atoms with Gasteiger partial charge in [-0.15, -0.1) is 0 Å². The molecule has 1 aromatic carbocycles. The van der Waals surface area contributed by atoms with E-state index in [9.17, 15) is 14.4 Å². The number of aryl methyl sites for hydroxylation is 1. The molecule has 1 aromatic heterocycles. The largest absolute Gasteiger partial charge is 0.356 e. The van der Waals surface area contributed by atoms with Crippen LogP contribution in [0.15, 0.2) is 46.1 Å². The highest BCUT2D eigenvalue weighted by molar-refractivity contribution is 5.59. The summed E-state index contributed by atoms with van der Waals surface area (Å²) in [6, 6.07) is 9.46. The van der Waals surface area contributed by atoms with Crippen LogP contribution in [0.1, 0.15) is 37.6 Å². The number of rotatable bonds is 6. The van der Waals surface area contributed by atoms with Gasteiger partial charge in [0.25, 0.3) is 5.56 Å². The van der Waals surface area contributed by atoms with E-state index in [2.05, 4.69) is 0 Å². The first-order chi connectivity index (χ1) is 14.7. The van der Waals surface area contributed by atoms with Gasteiger partial charge in [-0.3, -0.25) is 9.36 Å². The van der Waals surface area contributed by atoms with Crippen LogP contribution in [0, 0.1) is 6.92 Å². The molecule has 2 aliphatic heterocycles. The smallest absolute Gasteiger partial charge is 0.335 e. The molecule has 0 radical (unpaired) electrons. The molecule has 0 amide bonds.